The zero-order chi connectivity index (χ0) is 30.1. The first-order valence-corrected chi connectivity index (χ1v) is 15.3. The van der Waals surface area contributed by atoms with E-state index in [0.717, 1.165) is 29.9 Å². The Morgan fingerprint density at radius 1 is 0.841 bits per heavy atom. The van der Waals surface area contributed by atoms with E-state index < -0.39 is 0 Å². The molecule has 4 aromatic carbocycles. The van der Waals surface area contributed by atoms with Gasteiger partial charge in [0.1, 0.15) is 5.69 Å². The number of hydrogen-bond acceptors (Lipinski definition) is 1. The molecule has 3 nitrogen and oxygen atoms in total. The number of aryl methyl sites for hydroxylation is 3. The zero-order valence-corrected chi connectivity index (χ0v) is 28.9. The molecule has 1 aliphatic carbocycles. The Labute approximate surface area is 276 Å². The molecule has 7 rings (SSSR count). The average Bonchev–Trinajstić information content (AvgIpc) is 3.51. The summed E-state index contributed by atoms with van der Waals surface area (Å²) in [5, 5.41) is 0. The average molecular weight is 754 g/mol. The van der Waals surface area contributed by atoms with E-state index in [2.05, 4.69) is 153 Å². The van der Waals surface area contributed by atoms with Gasteiger partial charge in [0.05, 0.1) is 0 Å². The van der Waals surface area contributed by atoms with Gasteiger partial charge in [-0.3, -0.25) is 0 Å². The summed E-state index contributed by atoms with van der Waals surface area (Å²) in [5.74, 6) is 0. The molecule has 2 heterocycles. The molecular formula is C40H39IrN3. The first-order chi connectivity index (χ1) is 20.8. The Morgan fingerprint density at radius 3 is 2.32 bits per heavy atom. The summed E-state index contributed by atoms with van der Waals surface area (Å²) in [7, 11) is 0. The van der Waals surface area contributed by atoms with Crippen LogP contribution in [0.25, 0.3) is 22.4 Å². The minimum atomic E-state index is -0.0630. The second-order valence-corrected chi connectivity index (χ2v) is 12.1. The number of pyridine rings is 1. The molecule has 1 aliphatic heterocycles. The van der Waals surface area contributed by atoms with Crippen molar-refractivity contribution >= 4 is 23.1 Å². The Hall–Kier alpha value is -3.94. The second-order valence-electron chi connectivity index (χ2n) is 12.1. The van der Waals surface area contributed by atoms with Gasteiger partial charge in [-0.15, -0.1) is 47.0 Å². The van der Waals surface area contributed by atoms with Crippen LogP contribution in [0.15, 0.2) is 91.1 Å². The van der Waals surface area contributed by atoms with Crippen LogP contribution in [0.4, 0.5) is 17.1 Å². The van der Waals surface area contributed by atoms with Crippen molar-refractivity contribution in [3.05, 3.63) is 131 Å². The van der Waals surface area contributed by atoms with Crippen LogP contribution in [0.1, 0.15) is 61.4 Å². The van der Waals surface area contributed by atoms with Gasteiger partial charge in [-0.25, -0.2) is 0 Å². The van der Waals surface area contributed by atoms with Gasteiger partial charge < -0.3 is 4.98 Å². The van der Waals surface area contributed by atoms with Gasteiger partial charge in [0.15, 0.2) is 6.54 Å². The normalized spacial score (nSPS) is 13.4. The van der Waals surface area contributed by atoms with Crippen molar-refractivity contribution in [3.8, 4) is 22.4 Å². The van der Waals surface area contributed by atoms with Crippen molar-refractivity contribution in [2.45, 2.75) is 59.8 Å². The summed E-state index contributed by atoms with van der Waals surface area (Å²) in [4.78, 5) is 4.41. The van der Waals surface area contributed by atoms with Crippen molar-refractivity contribution in [1.29, 1.82) is 0 Å². The van der Waals surface area contributed by atoms with E-state index in [-0.39, 0.29) is 25.5 Å². The van der Waals surface area contributed by atoms with Crippen LogP contribution in [0, 0.1) is 32.9 Å². The third-order valence-corrected chi connectivity index (χ3v) is 8.70. The third-order valence-electron chi connectivity index (χ3n) is 8.70. The molecule has 223 valence electrons. The number of hydrogen-bond donors (Lipinski definition) is 0. The van der Waals surface area contributed by atoms with Crippen molar-refractivity contribution < 1.29 is 24.7 Å². The SMILES string of the molecule is CCCC[N+]1=C=[N+](c2[c-]ccc3c2C(C)(C)c2ccccc2-3)c2ccccc21.Cc1c[c-]c(-c2cc(C)c(C)cn2)cc1.[Ir]. The van der Waals surface area contributed by atoms with Crippen LogP contribution in [-0.4, -0.2) is 22.1 Å². The molecule has 5 aromatic rings. The van der Waals surface area contributed by atoms with Gasteiger partial charge in [0.25, 0.3) is 11.4 Å². The summed E-state index contributed by atoms with van der Waals surface area (Å²) in [5.41, 5.74) is 14.7. The van der Waals surface area contributed by atoms with Crippen LogP contribution in [0.3, 0.4) is 0 Å². The maximum absolute atomic E-state index is 4.41. The molecule has 1 radical (unpaired) electrons. The molecule has 1 aromatic heterocycles. The quantitative estimate of drug-likeness (QED) is 0.129. The maximum Gasteiger partial charge on any atom is 0.494 e. The van der Waals surface area contributed by atoms with Gasteiger partial charge in [0.2, 0.25) is 0 Å². The Bertz CT molecular complexity index is 1890. The number of para-hydroxylation sites is 2. The number of unbranched alkanes of at least 4 members (excludes halogenated alkanes) is 1. The Balaban J connectivity index is 0.000000204. The fourth-order valence-electron chi connectivity index (χ4n) is 6.12. The largest absolute Gasteiger partial charge is 0.494 e. The predicted molar refractivity (Wildman–Crippen MR) is 178 cm³/mol. The molecule has 2 aliphatic rings. The van der Waals surface area contributed by atoms with Gasteiger partial charge in [0, 0.05) is 44.9 Å². The Morgan fingerprint density at radius 2 is 1.59 bits per heavy atom. The van der Waals surface area contributed by atoms with Gasteiger partial charge in [-0.05, 0) is 41.6 Å². The molecule has 0 bridgehead atoms. The van der Waals surface area contributed by atoms with Crippen LogP contribution < -0.4 is 4.58 Å². The standard InChI is InChI=1S/C26H25N2.C14H14N.Ir/c1-4-5-17-27-18-28(23-15-9-8-14-22(23)27)24-16-10-12-20-19-11-6-7-13-21(19)26(2,3)25(20)24;1-10-4-6-13(7-5-10)14-8-11(2)12(3)9-15-14;/h6-15H,4-5,17H2,1-3H3;4-6,8-9H,1-3H3;/q+1;-1;. The molecule has 0 N–H and O–H groups in total. The Kier molecular flexibility index (Phi) is 9.28. The van der Waals surface area contributed by atoms with Crippen LogP contribution in [0.2, 0.25) is 0 Å². The molecule has 0 spiro atoms. The fraction of sp³-hybridized carbons (Fsp3) is 0.250. The van der Waals surface area contributed by atoms with Gasteiger partial charge >= 0.3 is 6.01 Å². The van der Waals surface area contributed by atoms with Gasteiger partial charge in [-0.1, -0.05) is 96.9 Å². The summed E-state index contributed by atoms with van der Waals surface area (Å²) >= 11 is 0. The van der Waals surface area contributed by atoms with E-state index in [9.17, 15) is 0 Å². The smallest absolute Gasteiger partial charge is 0.304 e. The molecule has 0 saturated carbocycles. The van der Waals surface area contributed by atoms with E-state index >= 15 is 0 Å². The first-order valence-electron chi connectivity index (χ1n) is 15.3. The van der Waals surface area contributed by atoms with Crippen molar-refractivity contribution in [1.82, 2.24) is 9.56 Å². The number of benzene rings is 4. The van der Waals surface area contributed by atoms with Gasteiger partial charge in [-0.2, -0.15) is 12.1 Å². The van der Waals surface area contributed by atoms with Crippen LogP contribution >= 0.6 is 0 Å². The summed E-state index contributed by atoms with van der Waals surface area (Å²) < 4.78 is 4.48. The molecule has 44 heavy (non-hydrogen) atoms. The second kappa shape index (κ2) is 13.0. The predicted octanol–water partition coefficient (Wildman–Crippen LogP) is 9.73. The molecule has 0 saturated heterocycles. The zero-order valence-electron chi connectivity index (χ0n) is 26.5. The van der Waals surface area contributed by atoms with Crippen molar-refractivity contribution in [2.75, 3.05) is 6.54 Å². The molecule has 0 atom stereocenters. The summed E-state index contributed by atoms with van der Waals surface area (Å²) in [6.45, 7) is 14.1. The minimum absolute atomic E-state index is 0. The fourth-order valence-corrected chi connectivity index (χ4v) is 6.12. The first kappa shape index (κ1) is 31.5. The van der Waals surface area contributed by atoms with E-state index in [1.54, 1.807) is 0 Å². The number of nitrogens with zero attached hydrogens (tertiary/aromatic N) is 3. The topological polar surface area (TPSA) is 18.9 Å². The summed E-state index contributed by atoms with van der Waals surface area (Å²) in [6, 6.07) is 40.3. The number of rotatable bonds is 5. The summed E-state index contributed by atoms with van der Waals surface area (Å²) in [6.07, 6.45) is 4.25. The monoisotopic (exact) mass is 754 g/mol. The minimum Gasteiger partial charge on any atom is -0.304 e. The molecule has 0 unspecified atom stereocenters. The molecular weight excluding hydrogens is 715 g/mol. The van der Waals surface area contributed by atoms with E-state index in [0.29, 0.717) is 0 Å². The van der Waals surface area contributed by atoms with E-state index in [1.165, 1.54) is 56.7 Å². The number of aromatic nitrogens is 1. The van der Waals surface area contributed by atoms with Crippen molar-refractivity contribution in [2.24, 2.45) is 0 Å². The van der Waals surface area contributed by atoms with Crippen LogP contribution in [-0.2, 0) is 25.5 Å². The van der Waals surface area contributed by atoms with Crippen LogP contribution in [0.5, 0.6) is 0 Å². The maximum atomic E-state index is 4.41. The number of fused-ring (bicyclic) bond motifs is 4. The van der Waals surface area contributed by atoms with Crippen molar-refractivity contribution in [3.63, 3.8) is 0 Å². The molecule has 0 amide bonds. The third kappa shape index (κ3) is 5.78. The van der Waals surface area contributed by atoms with E-state index in [4.69, 9.17) is 0 Å². The molecule has 0 fully saturated rings. The molecule has 4 heteroatoms. The van der Waals surface area contributed by atoms with E-state index in [1.807, 2.05) is 12.3 Å².